The predicted octanol–water partition coefficient (Wildman–Crippen LogP) is 1.21. The first-order valence-corrected chi connectivity index (χ1v) is 10.0. The van der Waals surface area contributed by atoms with E-state index in [-0.39, 0.29) is 16.7 Å². The van der Waals surface area contributed by atoms with Crippen LogP contribution in [-0.2, 0) is 14.8 Å². The Morgan fingerprint density at radius 2 is 2.00 bits per heavy atom. The third-order valence-electron chi connectivity index (χ3n) is 5.68. The van der Waals surface area contributed by atoms with Gasteiger partial charge in [-0.25, -0.2) is 8.42 Å². The zero-order valence-corrected chi connectivity index (χ0v) is 15.4. The standard InChI is InChI=1S/C16H27N3O4S/c1-11-10-19(24(21,22)15-12(2)17-18-13(15)3)7-6-16(11,20)14-4-8-23-9-5-14/h11,14,20H,4-10H2,1-3H3,(H,17,18)/t11-,16+/m1/s1. The summed E-state index contributed by atoms with van der Waals surface area (Å²) in [5.41, 5.74) is 0.242. The highest BCUT2D eigenvalue weighted by molar-refractivity contribution is 7.89. The van der Waals surface area contributed by atoms with Crippen LogP contribution < -0.4 is 0 Å². The first kappa shape index (κ1) is 17.8. The predicted molar refractivity (Wildman–Crippen MR) is 89.1 cm³/mol. The van der Waals surface area contributed by atoms with Gasteiger partial charge in [0.25, 0.3) is 0 Å². The number of sulfonamides is 1. The molecular formula is C16H27N3O4S. The van der Waals surface area contributed by atoms with Crippen molar-refractivity contribution in [2.45, 2.75) is 50.5 Å². The van der Waals surface area contributed by atoms with Gasteiger partial charge < -0.3 is 9.84 Å². The van der Waals surface area contributed by atoms with Gasteiger partial charge in [0.2, 0.25) is 10.0 Å². The molecular weight excluding hydrogens is 330 g/mol. The van der Waals surface area contributed by atoms with Crippen LogP contribution in [0.3, 0.4) is 0 Å². The molecule has 3 heterocycles. The second-order valence-electron chi connectivity index (χ2n) is 7.16. The maximum absolute atomic E-state index is 13.0. The average molecular weight is 357 g/mol. The van der Waals surface area contributed by atoms with Gasteiger partial charge in [-0.3, -0.25) is 5.10 Å². The lowest BCUT2D eigenvalue weighted by Gasteiger charge is -2.48. The number of ether oxygens (including phenoxy) is 1. The van der Waals surface area contributed by atoms with Crippen molar-refractivity contribution in [3.8, 4) is 0 Å². The van der Waals surface area contributed by atoms with Crippen LogP contribution in [0.2, 0.25) is 0 Å². The maximum Gasteiger partial charge on any atom is 0.246 e. The number of aliphatic hydroxyl groups is 1. The minimum Gasteiger partial charge on any atom is -0.389 e. The molecule has 24 heavy (non-hydrogen) atoms. The Bertz CT molecular complexity index is 677. The molecule has 0 aliphatic carbocycles. The van der Waals surface area contributed by atoms with E-state index in [2.05, 4.69) is 10.2 Å². The Hall–Kier alpha value is -0.960. The number of aromatic nitrogens is 2. The number of nitrogens with zero attached hydrogens (tertiary/aromatic N) is 2. The van der Waals surface area contributed by atoms with Gasteiger partial charge >= 0.3 is 0 Å². The maximum atomic E-state index is 13.0. The highest BCUT2D eigenvalue weighted by Gasteiger charge is 2.47. The van der Waals surface area contributed by atoms with E-state index < -0.39 is 15.6 Å². The van der Waals surface area contributed by atoms with Crippen molar-refractivity contribution < 1.29 is 18.3 Å². The van der Waals surface area contributed by atoms with E-state index in [1.807, 2.05) is 6.92 Å². The molecule has 0 amide bonds. The van der Waals surface area contributed by atoms with Crippen molar-refractivity contribution >= 4 is 10.0 Å². The third-order valence-corrected chi connectivity index (χ3v) is 7.81. The van der Waals surface area contributed by atoms with E-state index in [9.17, 15) is 13.5 Å². The topological polar surface area (TPSA) is 95.5 Å². The van der Waals surface area contributed by atoms with E-state index >= 15 is 0 Å². The number of piperidine rings is 1. The molecule has 0 spiro atoms. The first-order valence-electron chi connectivity index (χ1n) is 8.58. The molecule has 2 aliphatic rings. The van der Waals surface area contributed by atoms with Crippen molar-refractivity contribution in [3.05, 3.63) is 11.4 Å². The summed E-state index contributed by atoms with van der Waals surface area (Å²) in [6.45, 7) is 7.39. The van der Waals surface area contributed by atoms with Crippen molar-refractivity contribution in [1.29, 1.82) is 0 Å². The number of rotatable bonds is 3. The quantitative estimate of drug-likeness (QED) is 0.848. The van der Waals surface area contributed by atoms with Gasteiger partial charge in [-0.05, 0) is 44.9 Å². The summed E-state index contributed by atoms with van der Waals surface area (Å²) < 4.78 is 32.9. The number of hydrogen-bond acceptors (Lipinski definition) is 5. The molecule has 8 heteroatoms. The van der Waals surface area contributed by atoms with Crippen LogP contribution in [0.5, 0.6) is 0 Å². The highest BCUT2D eigenvalue weighted by Crippen LogP contribution is 2.40. The number of aryl methyl sites for hydroxylation is 2. The summed E-state index contributed by atoms with van der Waals surface area (Å²) in [5, 5.41) is 17.9. The van der Waals surface area contributed by atoms with Gasteiger partial charge in [0.15, 0.2) is 0 Å². The van der Waals surface area contributed by atoms with Crippen LogP contribution >= 0.6 is 0 Å². The van der Waals surface area contributed by atoms with Gasteiger partial charge in [0.1, 0.15) is 4.90 Å². The zero-order chi connectivity index (χ0) is 17.5. The Labute approximate surface area is 143 Å². The van der Waals surface area contributed by atoms with Gasteiger partial charge in [-0.2, -0.15) is 9.40 Å². The first-order chi connectivity index (χ1) is 11.3. The van der Waals surface area contributed by atoms with Crippen LogP contribution in [0.25, 0.3) is 0 Å². The monoisotopic (exact) mass is 357 g/mol. The SMILES string of the molecule is Cc1n[nH]c(C)c1S(=O)(=O)N1CC[C@@](O)(C2CCOCC2)[C@H](C)C1. The van der Waals surface area contributed by atoms with Crippen molar-refractivity contribution in [2.75, 3.05) is 26.3 Å². The molecule has 3 rings (SSSR count). The summed E-state index contributed by atoms with van der Waals surface area (Å²) in [6.07, 6.45) is 2.15. The molecule has 2 saturated heterocycles. The lowest BCUT2D eigenvalue weighted by atomic mass is 9.70. The molecule has 0 saturated carbocycles. The molecule has 2 N–H and O–H groups in total. The van der Waals surface area contributed by atoms with E-state index in [4.69, 9.17) is 4.74 Å². The molecule has 136 valence electrons. The van der Waals surface area contributed by atoms with Gasteiger partial charge in [-0.1, -0.05) is 6.92 Å². The van der Waals surface area contributed by atoms with Crippen molar-refractivity contribution in [1.82, 2.24) is 14.5 Å². The summed E-state index contributed by atoms with van der Waals surface area (Å²) in [7, 11) is -3.59. The zero-order valence-electron chi connectivity index (χ0n) is 14.6. The summed E-state index contributed by atoms with van der Waals surface area (Å²) in [6, 6.07) is 0. The molecule has 0 unspecified atom stereocenters. The van der Waals surface area contributed by atoms with Gasteiger partial charge in [0, 0.05) is 26.3 Å². The van der Waals surface area contributed by atoms with Crippen LogP contribution in [0.1, 0.15) is 37.6 Å². The fourth-order valence-corrected chi connectivity index (χ4v) is 6.04. The smallest absolute Gasteiger partial charge is 0.246 e. The van der Waals surface area contributed by atoms with Crippen molar-refractivity contribution in [2.24, 2.45) is 11.8 Å². The van der Waals surface area contributed by atoms with E-state index in [0.29, 0.717) is 44.1 Å². The van der Waals surface area contributed by atoms with Gasteiger partial charge in [-0.15, -0.1) is 0 Å². The van der Waals surface area contributed by atoms with Crippen LogP contribution in [0, 0.1) is 25.7 Å². The summed E-state index contributed by atoms with van der Waals surface area (Å²) >= 11 is 0. The minimum atomic E-state index is -3.59. The lowest BCUT2D eigenvalue weighted by Crippen LogP contribution is -2.56. The molecule has 7 nitrogen and oxygen atoms in total. The fourth-order valence-electron chi connectivity index (χ4n) is 4.18. The van der Waals surface area contributed by atoms with E-state index in [1.165, 1.54) is 4.31 Å². The Morgan fingerprint density at radius 3 is 2.54 bits per heavy atom. The van der Waals surface area contributed by atoms with Crippen molar-refractivity contribution in [3.63, 3.8) is 0 Å². The Balaban J connectivity index is 1.80. The number of H-pyrrole nitrogens is 1. The van der Waals surface area contributed by atoms with Crippen LogP contribution in [0.4, 0.5) is 0 Å². The lowest BCUT2D eigenvalue weighted by molar-refractivity contribution is -0.121. The molecule has 2 aliphatic heterocycles. The molecule has 0 radical (unpaired) electrons. The van der Waals surface area contributed by atoms with Gasteiger partial charge in [0.05, 0.1) is 17.0 Å². The molecule has 0 bridgehead atoms. The second-order valence-corrected chi connectivity index (χ2v) is 9.03. The average Bonchev–Trinajstić information content (AvgIpc) is 2.90. The third kappa shape index (κ3) is 2.89. The second kappa shape index (κ2) is 6.40. The number of hydrogen-bond donors (Lipinski definition) is 2. The molecule has 1 aromatic heterocycles. The Kier molecular flexibility index (Phi) is 4.76. The molecule has 0 aromatic carbocycles. The van der Waals surface area contributed by atoms with E-state index in [1.54, 1.807) is 13.8 Å². The minimum absolute atomic E-state index is 0.114. The number of nitrogens with one attached hydrogen (secondary N) is 1. The largest absolute Gasteiger partial charge is 0.389 e. The normalized spacial score (nSPS) is 30.6. The van der Waals surface area contributed by atoms with E-state index in [0.717, 1.165) is 12.8 Å². The molecule has 2 atom stereocenters. The van der Waals surface area contributed by atoms with Crippen LogP contribution in [-0.4, -0.2) is 59.9 Å². The summed E-state index contributed by atoms with van der Waals surface area (Å²) in [4.78, 5) is 0.270. The number of aromatic amines is 1. The molecule has 1 aromatic rings. The summed E-state index contributed by atoms with van der Waals surface area (Å²) in [5.74, 6) is 0.0696. The molecule has 2 fully saturated rings. The highest BCUT2D eigenvalue weighted by atomic mass is 32.2. The fraction of sp³-hybridized carbons (Fsp3) is 0.812. The van der Waals surface area contributed by atoms with Crippen LogP contribution in [0.15, 0.2) is 4.90 Å². The Morgan fingerprint density at radius 1 is 1.33 bits per heavy atom.